The van der Waals surface area contributed by atoms with Crippen molar-refractivity contribution in [2.75, 3.05) is 13.2 Å². The predicted octanol–water partition coefficient (Wildman–Crippen LogP) is 5.77. The summed E-state index contributed by atoms with van der Waals surface area (Å²) in [4.78, 5) is 4.90. The number of fused-ring (bicyclic) bond motifs is 1. The highest BCUT2D eigenvalue weighted by molar-refractivity contribution is 6.14. The molecule has 0 aromatic heterocycles. The standard InChI is InChI=1S/C23H29NO/c1-4-5-6-9-16-25-19-14-12-18(13-15-19)22-20-10-7-8-11-21(20)23(2,3)17-24-22/h7-8,10-15H,4-6,9,16-17H2,1-3H3. The van der Waals surface area contributed by atoms with Gasteiger partial charge in [-0.25, -0.2) is 0 Å². The van der Waals surface area contributed by atoms with Crippen molar-refractivity contribution in [3.8, 4) is 5.75 Å². The number of nitrogens with zero attached hydrogens (tertiary/aromatic N) is 1. The largest absolute Gasteiger partial charge is 0.494 e. The molecule has 2 aromatic carbocycles. The summed E-state index contributed by atoms with van der Waals surface area (Å²) in [6.45, 7) is 8.39. The average molecular weight is 335 g/mol. The SMILES string of the molecule is CCCCCCOc1ccc(C2=NCC(C)(C)c3ccccc32)cc1. The second kappa shape index (κ2) is 7.86. The van der Waals surface area contributed by atoms with E-state index in [9.17, 15) is 0 Å². The lowest BCUT2D eigenvalue weighted by Gasteiger charge is -2.31. The van der Waals surface area contributed by atoms with Crippen molar-refractivity contribution in [3.63, 3.8) is 0 Å². The molecule has 1 aliphatic heterocycles. The average Bonchev–Trinajstić information content (AvgIpc) is 2.63. The van der Waals surface area contributed by atoms with Crippen LogP contribution in [0.15, 0.2) is 53.5 Å². The van der Waals surface area contributed by atoms with Crippen molar-refractivity contribution in [1.29, 1.82) is 0 Å². The number of hydrogen-bond donors (Lipinski definition) is 0. The first kappa shape index (κ1) is 17.7. The molecule has 2 aromatic rings. The Balaban J connectivity index is 1.72. The first-order chi connectivity index (χ1) is 12.1. The zero-order valence-corrected chi connectivity index (χ0v) is 15.7. The second-order valence-corrected chi connectivity index (χ2v) is 7.53. The molecule has 0 fully saturated rings. The van der Waals surface area contributed by atoms with E-state index in [-0.39, 0.29) is 5.41 Å². The molecule has 0 amide bonds. The van der Waals surface area contributed by atoms with Crippen LogP contribution < -0.4 is 4.74 Å². The molecule has 25 heavy (non-hydrogen) atoms. The van der Waals surface area contributed by atoms with Gasteiger partial charge in [-0.1, -0.05) is 64.3 Å². The van der Waals surface area contributed by atoms with Gasteiger partial charge in [0.05, 0.1) is 12.3 Å². The van der Waals surface area contributed by atoms with Gasteiger partial charge in [-0.05, 0) is 36.2 Å². The summed E-state index contributed by atoms with van der Waals surface area (Å²) in [5.74, 6) is 0.949. The van der Waals surface area contributed by atoms with Crippen LogP contribution in [-0.2, 0) is 5.41 Å². The third-order valence-electron chi connectivity index (χ3n) is 4.94. The van der Waals surface area contributed by atoms with Crippen LogP contribution in [-0.4, -0.2) is 18.9 Å². The Labute approximate surface area is 152 Å². The van der Waals surface area contributed by atoms with Gasteiger partial charge < -0.3 is 4.74 Å². The molecular weight excluding hydrogens is 306 g/mol. The van der Waals surface area contributed by atoms with E-state index < -0.39 is 0 Å². The fourth-order valence-corrected chi connectivity index (χ4v) is 3.40. The van der Waals surface area contributed by atoms with Crippen molar-refractivity contribution in [1.82, 2.24) is 0 Å². The Hall–Kier alpha value is -2.09. The summed E-state index contributed by atoms with van der Waals surface area (Å²) in [7, 11) is 0. The Morgan fingerprint density at radius 1 is 0.960 bits per heavy atom. The Morgan fingerprint density at radius 2 is 1.72 bits per heavy atom. The minimum Gasteiger partial charge on any atom is -0.494 e. The van der Waals surface area contributed by atoms with Crippen molar-refractivity contribution in [3.05, 3.63) is 65.2 Å². The third kappa shape index (κ3) is 4.12. The number of benzene rings is 2. The Morgan fingerprint density at radius 3 is 2.48 bits per heavy atom. The van der Waals surface area contributed by atoms with Gasteiger partial charge >= 0.3 is 0 Å². The van der Waals surface area contributed by atoms with E-state index in [0.29, 0.717) is 0 Å². The normalized spacial score (nSPS) is 15.4. The summed E-state index contributed by atoms with van der Waals surface area (Å²) >= 11 is 0. The molecule has 0 spiro atoms. The number of ether oxygens (including phenoxy) is 1. The zero-order valence-electron chi connectivity index (χ0n) is 15.7. The molecule has 0 aliphatic carbocycles. The molecule has 132 valence electrons. The summed E-state index contributed by atoms with van der Waals surface area (Å²) in [6.07, 6.45) is 4.93. The highest BCUT2D eigenvalue weighted by atomic mass is 16.5. The highest BCUT2D eigenvalue weighted by Gasteiger charge is 2.29. The molecule has 0 unspecified atom stereocenters. The molecule has 0 saturated carbocycles. The van der Waals surface area contributed by atoms with E-state index in [1.165, 1.54) is 36.0 Å². The molecule has 1 aliphatic rings. The number of hydrogen-bond acceptors (Lipinski definition) is 2. The molecule has 0 bridgehead atoms. The number of aliphatic imine (C=N–C) groups is 1. The van der Waals surface area contributed by atoms with E-state index >= 15 is 0 Å². The van der Waals surface area contributed by atoms with Crippen LogP contribution in [0.3, 0.4) is 0 Å². The lowest BCUT2D eigenvalue weighted by atomic mass is 9.77. The molecular formula is C23H29NO. The maximum Gasteiger partial charge on any atom is 0.119 e. The molecule has 3 rings (SSSR count). The Bertz CT molecular complexity index is 728. The molecule has 2 heteroatoms. The zero-order chi connectivity index (χ0) is 17.7. The van der Waals surface area contributed by atoms with E-state index in [2.05, 4.69) is 69.3 Å². The summed E-state index contributed by atoms with van der Waals surface area (Å²) in [5, 5.41) is 0. The van der Waals surface area contributed by atoms with Gasteiger partial charge in [-0.2, -0.15) is 0 Å². The monoisotopic (exact) mass is 335 g/mol. The lowest BCUT2D eigenvalue weighted by molar-refractivity contribution is 0.305. The fourth-order valence-electron chi connectivity index (χ4n) is 3.40. The maximum absolute atomic E-state index is 5.86. The van der Waals surface area contributed by atoms with Gasteiger partial charge in [-0.15, -0.1) is 0 Å². The van der Waals surface area contributed by atoms with E-state index in [1.54, 1.807) is 0 Å². The lowest BCUT2D eigenvalue weighted by Crippen LogP contribution is -2.29. The van der Waals surface area contributed by atoms with Gasteiger partial charge in [0.1, 0.15) is 5.75 Å². The predicted molar refractivity (Wildman–Crippen MR) is 106 cm³/mol. The van der Waals surface area contributed by atoms with Crippen LogP contribution in [0.5, 0.6) is 5.75 Å². The molecule has 0 radical (unpaired) electrons. The van der Waals surface area contributed by atoms with Gasteiger partial charge in [0.2, 0.25) is 0 Å². The first-order valence-corrected chi connectivity index (χ1v) is 9.49. The summed E-state index contributed by atoms with van der Waals surface area (Å²) in [5.41, 5.74) is 5.01. The molecule has 0 atom stereocenters. The van der Waals surface area contributed by atoms with Gasteiger partial charge in [0.25, 0.3) is 0 Å². The molecule has 1 heterocycles. The van der Waals surface area contributed by atoms with Crippen LogP contribution in [0.1, 0.15) is 63.1 Å². The van der Waals surface area contributed by atoms with Crippen LogP contribution >= 0.6 is 0 Å². The first-order valence-electron chi connectivity index (χ1n) is 9.49. The van der Waals surface area contributed by atoms with Crippen molar-refractivity contribution < 1.29 is 4.74 Å². The smallest absolute Gasteiger partial charge is 0.119 e. The van der Waals surface area contributed by atoms with Crippen LogP contribution in [0.25, 0.3) is 0 Å². The number of unbranched alkanes of at least 4 members (excludes halogenated alkanes) is 3. The van der Waals surface area contributed by atoms with Crippen molar-refractivity contribution >= 4 is 5.71 Å². The summed E-state index contributed by atoms with van der Waals surface area (Å²) in [6, 6.07) is 17.1. The second-order valence-electron chi connectivity index (χ2n) is 7.53. The summed E-state index contributed by atoms with van der Waals surface area (Å²) < 4.78 is 5.86. The fraction of sp³-hybridized carbons (Fsp3) is 0.435. The van der Waals surface area contributed by atoms with E-state index in [1.807, 2.05) is 0 Å². The van der Waals surface area contributed by atoms with Gasteiger partial charge in [0.15, 0.2) is 0 Å². The Kier molecular flexibility index (Phi) is 5.57. The van der Waals surface area contributed by atoms with Crippen LogP contribution in [0, 0.1) is 0 Å². The van der Waals surface area contributed by atoms with Crippen LogP contribution in [0.2, 0.25) is 0 Å². The van der Waals surface area contributed by atoms with Gasteiger partial charge in [-0.3, -0.25) is 4.99 Å². The number of rotatable bonds is 7. The van der Waals surface area contributed by atoms with Crippen molar-refractivity contribution in [2.24, 2.45) is 4.99 Å². The minimum atomic E-state index is 0.0988. The van der Waals surface area contributed by atoms with E-state index in [4.69, 9.17) is 9.73 Å². The molecule has 2 nitrogen and oxygen atoms in total. The van der Waals surface area contributed by atoms with Crippen LogP contribution in [0.4, 0.5) is 0 Å². The molecule has 0 N–H and O–H groups in total. The topological polar surface area (TPSA) is 21.6 Å². The highest BCUT2D eigenvalue weighted by Crippen LogP contribution is 2.33. The minimum absolute atomic E-state index is 0.0988. The third-order valence-corrected chi connectivity index (χ3v) is 4.94. The molecule has 0 saturated heterocycles. The van der Waals surface area contributed by atoms with Crippen molar-refractivity contribution in [2.45, 2.75) is 51.9 Å². The quantitative estimate of drug-likeness (QED) is 0.588. The van der Waals surface area contributed by atoms with E-state index in [0.717, 1.165) is 31.0 Å². The van der Waals surface area contributed by atoms with Gasteiger partial charge in [0, 0.05) is 23.1 Å². The maximum atomic E-state index is 5.86.